The van der Waals surface area contributed by atoms with E-state index < -0.39 is 0 Å². The van der Waals surface area contributed by atoms with E-state index in [9.17, 15) is 5.11 Å². The van der Waals surface area contributed by atoms with Crippen molar-refractivity contribution >= 4 is 12.6 Å². The smallest absolute Gasteiger partial charge is 0.0695 e. The molecule has 0 aromatic carbocycles. The van der Waals surface area contributed by atoms with Gasteiger partial charge in [-0.05, 0) is 19.8 Å². The fraction of sp³-hybridized carbons (Fsp3) is 1.00. The molecule has 1 saturated carbocycles. The molecule has 3 nitrogen and oxygen atoms in total. The number of thiol groups is 1. The van der Waals surface area contributed by atoms with E-state index >= 15 is 0 Å². The molecule has 3 unspecified atom stereocenters. The van der Waals surface area contributed by atoms with E-state index in [1.165, 1.54) is 19.3 Å². The molecule has 16 heavy (non-hydrogen) atoms. The predicted octanol–water partition coefficient (Wildman–Crippen LogP) is 1.18. The zero-order valence-corrected chi connectivity index (χ0v) is 11.1. The molecule has 3 atom stereocenters. The Kier molecular flexibility index (Phi) is 4.53. The summed E-state index contributed by atoms with van der Waals surface area (Å²) < 4.78 is 0. The van der Waals surface area contributed by atoms with Gasteiger partial charge in [0.1, 0.15) is 0 Å². The summed E-state index contributed by atoms with van der Waals surface area (Å²) in [6, 6.07) is 0.422. The second kappa shape index (κ2) is 5.71. The molecule has 2 rings (SSSR count). The topological polar surface area (TPSA) is 26.7 Å². The first-order valence-electron chi connectivity index (χ1n) is 6.52. The fourth-order valence-electron chi connectivity index (χ4n) is 2.96. The predicted molar refractivity (Wildman–Crippen MR) is 69.9 cm³/mol. The lowest BCUT2D eigenvalue weighted by Gasteiger charge is -2.43. The van der Waals surface area contributed by atoms with Crippen LogP contribution in [0.3, 0.4) is 0 Å². The summed E-state index contributed by atoms with van der Waals surface area (Å²) in [4.78, 5) is 4.88. The van der Waals surface area contributed by atoms with Crippen LogP contribution in [0.25, 0.3) is 0 Å². The summed E-state index contributed by atoms with van der Waals surface area (Å²) in [7, 11) is 0. The second-order valence-electron chi connectivity index (χ2n) is 5.12. The molecule has 1 saturated heterocycles. The standard InChI is InChI=1S/C12H24N2OS/c1-10(16)13-6-8-14(9-7-13)11-4-2-3-5-12(11)15/h10-12,15-16H,2-9H2,1H3. The van der Waals surface area contributed by atoms with Crippen LogP contribution >= 0.6 is 12.6 Å². The molecule has 0 amide bonds. The molecule has 1 aliphatic carbocycles. The zero-order chi connectivity index (χ0) is 11.5. The Balaban J connectivity index is 1.83. The van der Waals surface area contributed by atoms with Crippen LogP contribution in [0, 0.1) is 0 Å². The molecular formula is C12H24N2OS. The summed E-state index contributed by atoms with van der Waals surface area (Å²) in [6.45, 7) is 6.50. The highest BCUT2D eigenvalue weighted by Gasteiger charge is 2.31. The number of aliphatic hydroxyl groups excluding tert-OH is 1. The van der Waals surface area contributed by atoms with Crippen LogP contribution < -0.4 is 0 Å². The molecule has 0 bridgehead atoms. The molecule has 1 heterocycles. The molecule has 1 N–H and O–H groups in total. The minimum Gasteiger partial charge on any atom is -0.391 e. The summed E-state index contributed by atoms with van der Waals surface area (Å²) >= 11 is 4.47. The third kappa shape index (κ3) is 2.92. The van der Waals surface area contributed by atoms with Gasteiger partial charge in [0.25, 0.3) is 0 Å². The van der Waals surface area contributed by atoms with Gasteiger partial charge in [-0.1, -0.05) is 12.8 Å². The SMILES string of the molecule is CC(S)N1CCN(C2CCCCC2O)CC1. The van der Waals surface area contributed by atoms with Crippen LogP contribution in [0.2, 0.25) is 0 Å². The third-order valence-electron chi connectivity index (χ3n) is 4.04. The van der Waals surface area contributed by atoms with Crippen molar-refractivity contribution in [3.63, 3.8) is 0 Å². The van der Waals surface area contributed by atoms with E-state index in [2.05, 4.69) is 29.4 Å². The van der Waals surface area contributed by atoms with Crippen molar-refractivity contribution in [1.29, 1.82) is 0 Å². The molecule has 0 aromatic rings. The maximum Gasteiger partial charge on any atom is 0.0695 e. The molecule has 0 spiro atoms. The minimum absolute atomic E-state index is 0.0891. The Bertz CT molecular complexity index is 217. The van der Waals surface area contributed by atoms with Crippen molar-refractivity contribution in [2.45, 2.75) is 50.1 Å². The van der Waals surface area contributed by atoms with Gasteiger partial charge in [-0.2, -0.15) is 12.6 Å². The molecule has 0 radical (unpaired) electrons. The van der Waals surface area contributed by atoms with E-state index in [1.807, 2.05) is 0 Å². The van der Waals surface area contributed by atoms with Gasteiger partial charge in [0.15, 0.2) is 0 Å². The lowest BCUT2D eigenvalue weighted by atomic mass is 9.91. The number of hydrogen-bond donors (Lipinski definition) is 2. The Hall–Kier alpha value is 0.230. The largest absolute Gasteiger partial charge is 0.391 e. The Morgan fingerprint density at radius 1 is 1.12 bits per heavy atom. The molecule has 0 aromatic heterocycles. The van der Waals surface area contributed by atoms with Crippen LogP contribution in [0.15, 0.2) is 0 Å². The Labute approximate surface area is 104 Å². The monoisotopic (exact) mass is 244 g/mol. The van der Waals surface area contributed by atoms with Gasteiger partial charge in [0, 0.05) is 37.6 Å². The highest BCUT2D eigenvalue weighted by molar-refractivity contribution is 7.80. The fourth-order valence-corrected chi connectivity index (χ4v) is 3.19. The van der Waals surface area contributed by atoms with Gasteiger partial charge in [0.2, 0.25) is 0 Å². The van der Waals surface area contributed by atoms with Crippen molar-refractivity contribution in [2.75, 3.05) is 26.2 Å². The molecule has 94 valence electrons. The summed E-state index contributed by atoms with van der Waals surface area (Å²) in [5.41, 5.74) is 0. The third-order valence-corrected chi connectivity index (χ3v) is 4.37. The van der Waals surface area contributed by atoms with Gasteiger partial charge in [-0.25, -0.2) is 0 Å². The van der Waals surface area contributed by atoms with Crippen LogP contribution in [0.5, 0.6) is 0 Å². The molecule has 2 aliphatic rings. The summed E-state index contributed by atoms with van der Waals surface area (Å²) in [5.74, 6) is 0. The average Bonchev–Trinajstić information content (AvgIpc) is 2.30. The zero-order valence-electron chi connectivity index (χ0n) is 10.2. The number of aliphatic hydroxyl groups is 1. The van der Waals surface area contributed by atoms with Gasteiger partial charge in [0.05, 0.1) is 6.10 Å². The Morgan fingerprint density at radius 3 is 2.31 bits per heavy atom. The molecule has 2 fully saturated rings. The first kappa shape index (κ1) is 12.7. The first-order chi connectivity index (χ1) is 7.68. The van der Waals surface area contributed by atoms with Crippen LogP contribution in [0.1, 0.15) is 32.6 Å². The van der Waals surface area contributed by atoms with Gasteiger partial charge < -0.3 is 5.11 Å². The number of nitrogens with zero attached hydrogens (tertiary/aromatic N) is 2. The average molecular weight is 244 g/mol. The van der Waals surface area contributed by atoms with Crippen molar-refractivity contribution in [2.24, 2.45) is 0 Å². The lowest BCUT2D eigenvalue weighted by molar-refractivity contribution is -0.00426. The highest BCUT2D eigenvalue weighted by atomic mass is 32.1. The van der Waals surface area contributed by atoms with Crippen molar-refractivity contribution in [1.82, 2.24) is 9.80 Å². The van der Waals surface area contributed by atoms with Crippen molar-refractivity contribution in [3.8, 4) is 0 Å². The minimum atomic E-state index is -0.0891. The lowest BCUT2D eigenvalue weighted by Crippen LogP contribution is -2.55. The highest BCUT2D eigenvalue weighted by Crippen LogP contribution is 2.24. The molecule has 1 aliphatic heterocycles. The van der Waals surface area contributed by atoms with Crippen molar-refractivity contribution in [3.05, 3.63) is 0 Å². The normalized spacial score (nSPS) is 36.2. The van der Waals surface area contributed by atoms with Crippen LogP contribution in [0.4, 0.5) is 0 Å². The van der Waals surface area contributed by atoms with E-state index in [-0.39, 0.29) is 6.10 Å². The molecule has 4 heteroatoms. The number of piperazine rings is 1. The maximum absolute atomic E-state index is 10.0. The van der Waals surface area contributed by atoms with E-state index in [0.29, 0.717) is 11.4 Å². The Morgan fingerprint density at radius 2 is 1.75 bits per heavy atom. The summed E-state index contributed by atoms with van der Waals surface area (Å²) in [5, 5.41) is 10.4. The van der Waals surface area contributed by atoms with Gasteiger partial charge in [-0.15, -0.1) is 0 Å². The van der Waals surface area contributed by atoms with Crippen LogP contribution in [-0.4, -0.2) is 58.6 Å². The quantitative estimate of drug-likeness (QED) is 0.714. The molecular weight excluding hydrogens is 220 g/mol. The van der Waals surface area contributed by atoms with E-state index in [4.69, 9.17) is 0 Å². The maximum atomic E-state index is 10.0. The first-order valence-corrected chi connectivity index (χ1v) is 7.04. The summed E-state index contributed by atoms with van der Waals surface area (Å²) in [6.07, 6.45) is 4.57. The number of hydrogen-bond acceptors (Lipinski definition) is 4. The number of rotatable bonds is 2. The van der Waals surface area contributed by atoms with E-state index in [1.54, 1.807) is 0 Å². The van der Waals surface area contributed by atoms with Gasteiger partial charge >= 0.3 is 0 Å². The van der Waals surface area contributed by atoms with E-state index in [0.717, 1.165) is 32.6 Å². The second-order valence-corrected chi connectivity index (χ2v) is 5.87. The van der Waals surface area contributed by atoms with Crippen LogP contribution in [-0.2, 0) is 0 Å². The van der Waals surface area contributed by atoms with Gasteiger partial charge in [-0.3, -0.25) is 9.80 Å². The van der Waals surface area contributed by atoms with Crippen molar-refractivity contribution < 1.29 is 5.11 Å².